The standard InChI is InChI=1S/C38H51BN6O7/c1-2-51-35(47)14-17-41-15-10-29(11-16-41)42-21-23-43(24-22-42)36(48)34(26-27-7-8-33(46)31(39)25-27)52-38(50)44-18-12-30(13-19-44)45-20-9-28-5-3-4-6-32(28)40-37(45)49/h3-8,25,29-30,34,46H,2,9-24,26H2,1H3,(H,40,49)/t34-/m1/s1. The van der Waals surface area contributed by atoms with E-state index in [1.807, 2.05) is 36.1 Å². The quantitative estimate of drug-likeness (QED) is 0.281. The number of aromatic hydroxyl groups is 1. The first kappa shape index (κ1) is 37.5. The predicted molar refractivity (Wildman–Crippen MR) is 197 cm³/mol. The van der Waals surface area contributed by atoms with Gasteiger partial charge in [-0.25, -0.2) is 9.59 Å². The second-order valence-corrected chi connectivity index (χ2v) is 14.2. The monoisotopic (exact) mass is 714 g/mol. The zero-order chi connectivity index (χ0) is 36.6. The Morgan fingerprint density at radius 2 is 1.62 bits per heavy atom. The Labute approximate surface area is 307 Å². The van der Waals surface area contributed by atoms with Crippen LogP contribution in [0.4, 0.5) is 15.3 Å². The minimum absolute atomic E-state index is 0.0103. The van der Waals surface area contributed by atoms with Crippen LogP contribution < -0.4 is 10.8 Å². The van der Waals surface area contributed by atoms with Crippen molar-refractivity contribution in [1.29, 1.82) is 0 Å². The number of phenolic OH excluding ortho intramolecular Hbond substituents is 1. The number of urea groups is 1. The molecule has 0 saturated carbocycles. The Morgan fingerprint density at radius 1 is 0.904 bits per heavy atom. The van der Waals surface area contributed by atoms with Gasteiger partial charge in [-0.1, -0.05) is 35.8 Å². The van der Waals surface area contributed by atoms with Crippen molar-refractivity contribution in [3.8, 4) is 5.75 Å². The molecule has 0 spiro atoms. The van der Waals surface area contributed by atoms with Gasteiger partial charge in [0.2, 0.25) is 0 Å². The summed E-state index contributed by atoms with van der Waals surface area (Å²) in [5.41, 5.74) is 2.82. The molecule has 52 heavy (non-hydrogen) atoms. The van der Waals surface area contributed by atoms with E-state index in [1.54, 1.807) is 21.9 Å². The molecular formula is C38H51BN6O7. The number of carbonyl (C=O) groups excluding carboxylic acids is 4. The lowest BCUT2D eigenvalue weighted by Crippen LogP contribution is -2.56. The molecule has 13 nitrogen and oxygen atoms in total. The van der Waals surface area contributed by atoms with E-state index in [4.69, 9.17) is 17.3 Å². The van der Waals surface area contributed by atoms with E-state index in [2.05, 4.69) is 15.1 Å². The highest BCUT2D eigenvalue weighted by molar-refractivity contribution is 6.34. The highest BCUT2D eigenvalue weighted by atomic mass is 16.6. The maximum Gasteiger partial charge on any atom is 0.410 e. The van der Waals surface area contributed by atoms with Gasteiger partial charge in [0.05, 0.1) is 13.0 Å². The summed E-state index contributed by atoms with van der Waals surface area (Å²) in [5.74, 6) is -0.447. The van der Waals surface area contributed by atoms with Crippen LogP contribution in [0.5, 0.6) is 5.75 Å². The summed E-state index contributed by atoms with van der Waals surface area (Å²) in [6.07, 6.45) is 2.92. The summed E-state index contributed by atoms with van der Waals surface area (Å²) in [7, 11) is 5.97. The SMILES string of the molecule is [B]c1cc(C[C@@H](OC(=O)N2CCC(N3CCc4ccccc4NC3=O)CC2)C(=O)N2CCN(C3CCN(CCC(=O)OCC)CC3)CC2)ccc1O. The highest BCUT2D eigenvalue weighted by Crippen LogP contribution is 2.26. The number of carbonyl (C=O) groups is 4. The van der Waals surface area contributed by atoms with E-state index in [0.29, 0.717) is 76.7 Å². The topological polar surface area (TPSA) is 135 Å². The van der Waals surface area contributed by atoms with E-state index < -0.39 is 12.2 Å². The Balaban J connectivity index is 1.02. The summed E-state index contributed by atoms with van der Waals surface area (Å²) in [6, 6.07) is 12.9. The van der Waals surface area contributed by atoms with E-state index in [-0.39, 0.29) is 41.6 Å². The van der Waals surface area contributed by atoms with Crippen LogP contribution >= 0.6 is 0 Å². The van der Waals surface area contributed by atoms with Gasteiger partial charge in [0.1, 0.15) is 13.6 Å². The van der Waals surface area contributed by atoms with E-state index in [0.717, 1.165) is 56.7 Å². The maximum atomic E-state index is 14.0. The van der Waals surface area contributed by atoms with Gasteiger partial charge >= 0.3 is 18.1 Å². The number of rotatable bonds is 10. The molecule has 1 atom stereocenters. The van der Waals surface area contributed by atoms with Crippen molar-refractivity contribution in [2.75, 3.05) is 77.4 Å². The van der Waals surface area contributed by atoms with E-state index >= 15 is 0 Å². The van der Waals surface area contributed by atoms with Crippen molar-refractivity contribution in [2.45, 2.75) is 70.1 Å². The largest absolute Gasteiger partial charge is 0.509 e. The number of phenols is 1. The number of para-hydroxylation sites is 1. The number of fused-ring (bicyclic) bond motifs is 1. The molecule has 4 aliphatic heterocycles. The molecule has 0 unspecified atom stereocenters. The summed E-state index contributed by atoms with van der Waals surface area (Å²) in [5, 5.41) is 13.0. The number of hydrogen-bond acceptors (Lipinski definition) is 9. The van der Waals surface area contributed by atoms with Crippen LogP contribution in [0.25, 0.3) is 0 Å². The molecule has 0 aliphatic carbocycles. The molecule has 0 aromatic heterocycles. The fraction of sp³-hybridized carbons (Fsp3) is 0.579. The number of piperidine rings is 2. The molecule has 2 aromatic rings. The number of hydrogen-bond donors (Lipinski definition) is 2. The number of piperazine rings is 1. The Bertz CT molecular complexity index is 1570. The van der Waals surface area contributed by atoms with Crippen molar-refractivity contribution in [1.82, 2.24) is 24.5 Å². The third-order valence-electron chi connectivity index (χ3n) is 11.0. The first-order chi connectivity index (χ1) is 25.2. The van der Waals surface area contributed by atoms with Gasteiger partial charge in [0.25, 0.3) is 5.91 Å². The van der Waals surface area contributed by atoms with Gasteiger partial charge in [0, 0.05) is 76.5 Å². The van der Waals surface area contributed by atoms with Crippen LogP contribution in [0.2, 0.25) is 0 Å². The van der Waals surface area contributed by atoms with Crippen LogP contribution in [-0.2, 0) is 31.9 Å². The molecule has 2 aromatic carbocycles. The smallest absolute Gasteiger partial charge is 0.410 e. The summed E-state index contributed by atoms with van der Waals surface area (Å²) < 4.78 is 11.1. The number of esters is 1. The third-order valence-corrected chi connectivity index (χ3v) is 11.0. The molecule has 3 saturated heterocycles. The van der Waals surface area contributed by atoms with Gasteiger partial charge in [-0.2, -0.15) is 0 Å². The fourth-order valence-corrected chi connectivity index (χ4v) is 7.92. The zero-order valence-electron chi connectivity index (χ0n) is 30.2. The number of anilines is 1. The highest BCUT2D eigenvalue weighted by Gasteiger charge is 2.36. The fourth-order valence-electron chi connectivity index (χ4n) is 7.92. The summed E-state index contributed by atoms with van der Waals surface area (Å²) in [4.78, 5) is 62.5. The number of nitrogens with zero attached hydrogens (tertiary/aromatic N) is 5. The Kier molecular flexibility index (Phi) is 12.6. The van der Waals surface area contributed by atoms with Gasteiger partial charge in [-0.3, -0.25) is 14.5 Å². The van der Waals surface area contributed by atoms with Crippen molar-refractivity contribution in [2.24, 2.45) is 0 Å². The molecule has 2 radical (unpaired) electrons. The number of nitrogens with one attached hydrogen (secondary N) is 1. The van der Waals surface area contributed by atoms with Crippen LogP contribution in [0.1, 0.15) is 50.2 Å². The summed E-state index contributed by atoms with van der Waals surface area (Å²) >= 11 is 0. The molecule has 4 heterocycles. The van der Waals surface area contributed by atoms with Crippen molar-refractivity contribution >= 4 is 43.0 Å². The number of ether oxygens (including phenoxy) is 2. The number of benzene rings is 2. The minimum atomic E-state index is -1.06. The van der Waals surface area contributed by atoms with Crippen LogP contribution in [0.15, 0.2) is 42.5 Å². The lowest BCUT2D eigenvalue weighted by atomic mass is 9.91. The zero-order valence-corrected chi connectivity index (χ0v) is 30.2. The molecule has 2 N–H and O–H groups in total. The van der Waals surface area contributed by atoms with Gasteiger partial charge < -0.3 is 39.5 Å². The van der Waals surface area contributed by atoms with E-state index in [9.17, 15) is 24.3 Å². The van der Waals surface area contributed by atoms with Crippen molar-refractivity contribution < 1.29 is 33.8 Å². The number of likely N-dealkylation sites (tertiary alicyclic amines) is 2. The van der Waals surface area contributed by atoms with Gasteiger partial charge in [0.15, 0.2) is 6.10 Å². The second-order valence-electron chi connectivity index (χ2n) is 14.2. The molecule has 14 heteroatoms. The second kappa shape index (κ2) is 17.5. The molecule has 0 bridgehead atoms. The van der Waals surface area contributed by atoms with Gasteiger partial charge in [-0.05, 0) is 75.4 Å². The lowest BCUT2D eigenvalue weighted by molar-refractivity contribution is -0.144. The lowest BCUT2D eigenvalue weighted by Gasteiger charge is -2.43. The molecule has 4 amide bonds. The average Bonchev–Trinajstić information content (AvgIpc) is 3.33. The van der Waals surface area contributed by atoms with Crippen molar-refractivity contribution in [3.05, 3.63) is 53.6 Å². The van der Waals surface area contributed by atoms with Crippen LogP contribution in [0.3, 0.4) is 0 Å². The normalized spacial score (nSPS) is 20.1. The summed E-state index contributed by atoms with van der Waals surface area (Å²) in [6.45, 7) is 8.73. The molecule has 278 valence electrons. The number of amides is 4. The predicted octanol–water partition coefficient (Wildman–Crippen LogP) is 2.35. The molecular weight excluding hydrogens is 663 g/mol. The Hall–Kier alpha value is -4.30. The Morgan fingerprint density at radius 3 is 2.33 bits per heavy atom. The third kappa shape index (κ3) is 9.38. The van der Waals surface area contributed by atoms with Crippen LogP contribution in [-0.4, -0.2) is 152 Å². The minimum Gasteiger partial charge on any atom is -0.509 e. The first-order valence-electron chi connectivity index (χ1n) is 18.8. The molecule has 3 fully saturated rings. The maximum absolute atomic E-state index is 14.0. The van der Waals surface area contributed by atoms with Crippen LogP contribution in [0, 0.1) is 0 Å². The molecule has 4 aliphatic rings. The molecule has 6 rings (SSSR count). The van der Waals surface area contributed by atoms with E-state index in [1.165, 1.54) is 6.07 Å². The van der Waals surface area contributed by atoms with Crippen molar-refractivity contribution in [3.63, 3.8) is 0 Å². The average molecular weight is 715 g/mol. The first-order valence-corrected chi connectivity index (χ1v) is 18.8. The van der Waals surface area contributed by atoms with Gasteiger partial charge in [-0.15, -0.1) is 0 Å².